The number of hydrogen-bond donors (Lipinski definition) is 1. The van der Waals surface area contributed by atoms with E-state index in [1.54, 1.807) is 0 Å². The smallest absolute Gasteiger partial charge is 0.132 e. The van der Waals surface area contributed by atoms with Gasteiger partial charge in [-0.25, -0.2) is 0 Å². The fourth-order valence-corrected chi connectivity index (χ4v) is 1.36. The molecule has 0 radical (unpaired) electrons. The van der Waals surface area contributed by atoms with Gasteiger partial charge >= 0.3 is 0 Å². The number of hydrogen-bond acceptors (Lipinski definition) is 1. The maximum atomic E-state index is 3.41. The van der Waals surface area contributed by atoms with Gasteiger partial charge in [-0.3, -0.25) is 5.32 Å². The van der Waals surface area contributed by atoms with Crippen molar-refractivity contribution in [1.29, 1.82) is 0 Å². The molecule has 0 aliphatic carbocycles. The number of quaternary nitrogens is 1. The third kappa shape index (κ3) is 3.21. The summed E-state index contributed by atoms with van der Waals surface area (Å²) in [5, 5.41) is 3.41. The highest BCUT2D eigenvalue weighted by atomic mass is 15.4. The van der Waals surface area contributed by atoms with Crippen molar-refractivity contribution >= 4 is 0 Å². The van der Waals surface area contributed by atoms with E-state index >= 15 is 0 Å². The van der Waals surface area contributed by atoms with Crippen molar-refractivity contribution in [2.75, 3.05) is 32.8 Å². The van der Waals surface area contributed by atoms with Crippen LogP contribution >= 0.6 is 0 Å². The summed E-state index contributed by atoms with van der Waals surface area (Å²) >= 11 is 0. The monoisotopic (exact) mass is 159 g/mol. The Bertz CT molecular complexity index is 79.3. The Balaban J connectivity index is 3.84. The highest BCUT2D eigenvalue weighted by Gasteiger charge is 2.18. The van der Waals surface area contributed by atoms with Crippen LogP contribution in [0.2, 0.25) is 0 Å². The molecule has 1 N–H and O–H groups in total. The SMILES string of the molecule is CCNC[N+](CC)(CC)CC. The second-order valence-corrected chi connectivity index (χ2v) is 3.05. The molecule has 0 aliphatic heterocycles. The Labute approximate surface area is 71.2 Å². The Morgan fingerprint density at radius 2 is 1.36 bits per heavy atom. The molecular weight excluding hydrogens is 136 g/mol. The van der Waals surface area contributed by atoms with Gasteiger partial charge in [0, 0.05) is 0 Å². The van der Waals surface area contributed by atoms with Crippen molar-refractivity contribution in [3.05, 3.63) is 0 Å². The van der Waals surface area contributed by atoms with Gasteiger partial charge in [0.2, 0.25) is 0 Å². The first-order valence-corrected chi connectivity index (χ1v) is 4.80. The Morgan fingerprint density at radius 3 is 1.64 bits per heavy atom. The molecule has 0 aliphatic rings. The minimum atomic E-state index is 1.08. The average Bonchev–Trinajstić information content (AvgIpc) is 2.08. The van der Waals surface area contributed by atoms with Gasteiger partial charge < -0.3 is 4.48 Å². The van der Waals surface area contributed by atoms with Crippen LogP contribution in [0.5, 0.6) is 0 Å². The zero-order chi connectivity index (χ0) is 8.74. The normalized spacial score (nSPS) is 12.0. The third-order valence-electron chi connectivity index (χ3n) is 2.71. The van der Waals surface area contributed by atoms with Crippen molar-refractivity contribution in [1.82, 2.24) is 5.32 Å². The van der Waals surface area contributed by atoms with E-state index in [-0.39, 0.29) is 0 Å². The van der Waals surface area contributed by atoms with Crippen molar-refractivity contribution in [3.63, 3.8) is 0 Å². The van der Waals surface area contributed by atoms with E-state index in [1.807, 2.05) is 0 Å². The Hall–Kier alpha value is -0.0800. The zero-order valence-electron chi connectivity index (χ0n) is 8.48. The molecule has 68 valence electrons. The summed E-state index contributed by atoms with van der Waals surface area (Å²) < 4.78 is 1.20. The van der Waals surface area contributed by atoms with Gasteiger partial charge in [-0.2, -0.15) is 0 Å². The van der Waals surface area contributed by atoms with Crippen LogP contribution < -0.4 is 5.32 Å². The molecule has 0 saturated heterocycles. The molecule has 0 saturated carbocycles. The molecule has 0 spiro atoms. The molecule has 0 fully saturated rings. The summed E-state index contributed by atoms with van der Waals surface area (Å²) in [6.45, 7) is 14.9. The van der Waals surface area contributed by atoms with Gasteiger partial charge in [-0.1, -0.05) is 6.92 Å². The van der Waals surface area contributed by atoms with Crippen LogP contribution in [0.3, 0.4) is 0 Å². The molecule has 0 aromatic carbocycles. The molecule has 0 atom stereocenters. The average molecular weight is 159 g/mol. The highest BCUT2D eigenvalue weighted by molar-refractivity contribution is 4.36. The zero-order valence-corrected chi connectivity index (χ0v) is 8.48. The van der Waals surface area contributed by atoms with Crippen LogP contribution in [0, 0.1) is 0 Å². The minimum Gasteiger partial charge on any atom is -0.312 e. The fraction of sp³-hybridized carbons (Fsp3) is 1.00. The summed E-state index contributed by atoms with van der Waals surface area (Å²) in [6, 6.07) is 0. The highest BCUT2D eigenvalue weighted by Crippen LogP contribution is 2.02. The summed E-state index contributed by atoms with van der Waals surface area (Å²) in [5.74, 6) is 0. The third-order valence-corrected chi connectivity index (χ3v) is 2.71. The molecule has 0 rings (SSSR count). The standard InChI is InChI=1S/C9H23N2/c1-5-10-9-11(6-2,7-3)8-4/h10H,5-9H2,1-4H3/q+1. The Morgan fingerprint density at radius 1 is 0.909 bits per heavy atom. The van der Waals surface area contributed by atoms with Gasteiger partial charge in [0.15, 0.2) is 0 Å². The van der Waals surface area contributed by atoms with Crippen molar-refractivity contribution in [2.24, 2.45) is 0 Å². The lowest BCUT2D eigenvalue weighted by Crippen LogP contribution is -2.52. The van der Waals surface area contributed by atoms with E-state index in [9.17, 15) is 0 Å². The van der Waals surface area contributed by atoms with E-state index in [0.717, 1.165) is 13.2 Å². The largest absolute Gasteiger partial charge is 0.312 e. The number of rotatable bonds is 6. The van der Waals surface area contributed by atoms with Crippen LogP contribution in [-0.2, 0) is 0 Å². The Kier molecular flexibility index (Phi) is 5.51. The first kappa shape index (κ1) is 10.9. The lowest BCUT2D eigenvalue weighted by molar-refractivity contribution is -0.925. The second kappa shape index (κ2) is 5.56. The number of nitrogens with one attached hydrogen (secondary N) is 1. The first-order chi connectivity index (χ1) is 5.24. The molecule has 0 aromatic heterocycles. The summed E-state index contributed by atoms with van der Waals surface area (Å²) in [4.78, 5) is 0. The lowest BCUT2D eigenvalue weighted by Gasteiger charge is -2.35. The summed E-state index contributed by atoms with van der Waals surface area (Å²) in [5.41, 5.74) is 0. The molecule has 0 unspecified atom stereocenters. The van der Waals surface area contributed by atoms with Crippen LogP contribution in [0.4, 0.5) is 0 Å². The van der Waals surface area contributed by atoms with Gasteiger partial charge in [0.05, 0.1) is 19.6 Å². The van der Waals surface area contributed by atoms with Crippen LogP contribution in [0.1, 0.15) is 27.7 Å². The molecule has 11 heavy (non-hydrogen) atoms. The number of nitrogens with zero attached hydrogens (tertiary/aromatic N) is 1. The first-order valence-electron chi connectivity index (χ1n) is 4.80. The molecule has 0 heterocycles. The van der Waals surface area contributed by atoms with Crippen LogP contribution in [-0.4, -0.2) is 37.3 Å². The fourth-order valence-electron chi connectivity index (χ4n) is 1.36. The topological polar surface area (TPSA) is 12.0 Å². The van der Waals surface area contributed by atoms with Gasteiger partial charge in [0.25, 0.3) is 0 Å². The van der Waals surface area contributed by atoms with Crippen molar-refractivity contribution in [3.8, 4) is 0 Å². The molecule has 0 amide bonds. The summed E-state index contributed by atoms with van der Waals surface area (Å²) in [7, 11) is 0. The van der Waals surface area contributed by atoms with Crippen molar-refractivity contribution < 1.29 is 4.48 Å². The van der Waals surface area contributed by atoms with E-state index in [1.165, 1.54) is 24.1 Å². The van der Waals surface area contributed by atoms with Crippen LogP contribution in [0.15, 0.2) is 0 Å². The van der Waals surface area contributed by atoms with E-state index in [0.29, 0.717) is 0 Å². The second-order valence-electron chi connectivity index (χ2n) is 3.05. The molecule has 2 nitrogen and oxygen atoms in total. The maximum absolute atomic E-state index is 3.41. The van der Waals surface area contributed by atoms with Gasteiger partial charge in [-0.05, 0) is 27.3 Å². The quantitative estimate of drug-likeness (QED) is 0.457. The molecular formula is C9H23N2+. The van der Waals surface area contributed by atoms with E-state index in [4.69, 9.17) is 0 Å². The predicted molar refractivity (Wildman–Crippen MR) is 50.4 cm³/mol. The van der Waals surface area contributed by atoms with E-state index < -0.39 is 0 Å². The predicted octanol–water partition coefficient (Wildman–Crippen LogP) is 1.43. The minimum absolute atomic E-state index is 1.08. The van der Waals surface area contributed by atoms with Gasteiger partial charge in [0.1, 0.15) is 6.67 Å². The maximum Gasteiger partial charge on any atom is 0.132 e. The molecule has 0 bridgehead atoms. The lowest BCUT2D eigenvalue weighted by atomic mass is 10.4. The van der Waals surface area contributed by atoms with E-state index in [2.05, 4.69) is 33.0 Å². The molecule has 2 heteroatoms. The summed E-state index contributed by atoms with van der Waals surface area (Å²) in [6.07, 6.45) is 0. The van der Waals surface area contributed by atoms with Crippen molar-refractivity contribution in [2.45, 2.75) is 27.7 Å². The van der Waals surface area contributed by atoms with Crippen LogP contribution in [0.25, 0.3) is 0 Å². The molecule has 0 aromatic rings. The van der Waals surface area contributed by atoms with Gasteiger partial charge in [-0.15, -0.1) is 0 Å².